The van der Waals surface area contributed by atoms with E-state index >= 15 is 0 Å². The number of halogens is 1. The van der Waals surface area contributed by atoms with Crippen molar-refractivity contribution in [2.24, 2.45) is 0 Å². The Morgan fingerprint density at radius 2 is 1.79 bits per heavy atom. The first kappa shape index (κ1) is 16.8. The van der Waals surface area contributed by atoms with E-state index in [-0.39, 0.29) is 16.9 Å². The van der Waals surface area contributed by atoms with Gasteiger partial charge >= 0.3 is 5.97 Å². The van der Waals surface area contributed by atoms with E-state index in [1.54, 1.807) is 17.0 Å². The number of carbonyl (C=O) groups excluding carboxylic acids is 1. The van der Waals surface area contributed by atoms with Gasteiger partial charge in [-0.3, -0.25) is 4.79 Å². The normalized spacial score (nSPS) is 15.3. The van der Waals surface area contributed by atoms with E-state index in [9.17, 15) is 9.59 Å². The maximum absolute atomic E-state index is 12.4. The van der Waals surface area contributed by atoms with Gasteiger partial charge in [-0.15, -0.1) is 11.3 Å². The van der Waals surface area contributed by atoms with Crippen molar-refractivity contribution in [3.8, 4) is 5.75 Å². The summed E-state index contributed by atoms with van der Waals surface area (Å²) in [7, 11) is 0. The van der Waals surface area contributed by atoms with Crippen LogP contribution in [0.3, 0.4) is 0 Å². The van der Waals surface area contributed by atoms with Gasteiger partial charge in [0.25, 0.3) is 5.91 Å². The molecule has 2 aromatic rings. The average molecular weight is 366 g/mol. The minimum atomic E-state index is -1.01. The second-order valence-corrected chi connectivity index (χ2v) is 7.00. The Balaban J connectivity index is 1.57. The molecule has 0 aliphatic carbocycles. The van der Waals surface area contributed by atoms with Crippen LogP contribution in [0.25, 0.3) is 0 Å². The minimum absolute atomic E-state index is 0.0202. The summed E-state index contributed by atoms with van der Waals surface area (Å²) in [6.07, 6.45) is 1.45. The van der Waals surface area contributed by atoms with Crippen LogP contribution in [0.5, 0.6) is 5.75 Å². The number of hydrogen-bond acceptors (Lipinski definition) is 4. The largest absolute Gasteiger partial charge is 0.489 e. The van der Waals surface area contributed by atoms with Crippen LogP contribution >= 0.6 is 22.9 Å². The van der Waals surface area contributed by atoms with Gasteiger partial charge in [0.15, 0.2) is 0 Å². The van der Waals surface area contributed by atoms with Crippen molar-refractivity contribution in [3.63, 3.8) is 0 Å². The van der Waals surface area contributed by atoms with Crippen molar-refractivity contribution < 1.29 is 19.4 Å². The van der Waals surface area contributed by atoms with Crippen LogP contribution in [0, 0.1) is 0 Å². The van der Waals surface area contributed by atoms with E-state index in [0.717, 1.165) is 11.3 Å². The number of piperidine rings is 1. The van der Waals surface area contributed by atoms with Gasteiger partial charge in [0.1, 0.15) is 16.7 Å². The first-order valence-corrected chi connectivity index (χ1v) is 8.77. The number of benzene rings is 1. The second kappa shape index (κ2) is 7.23. The predicted octanol–water partition coefficient (Wildman–Crippen LogP) is 3.78. The fourth-order valence-corrected chi connectivity index (χ4v) is 3.61. The van der Waals surface area contributed by atoms with E-state index < -0.39 is 5.97 Å². The summed E-state index contributed by atoms with van der Waals surface area (Å²) in [5.41, 5.74) is 0. The molecule has 1 aromatic heterocycles. The van der Waals surface area contributed by atoms with Crippen LogP contribution in [0.4, 0.5) is 0 Å². The molecule has 1 amide bonds. The van der Waals surface area contributed by atoms with Crippen LogP contribution in [-0.4, -0.2) is 41.1 Å². The molecule has 24 heavy (non-hydrogen) atoms. The van der Waals surface area contributed by atoms with Crippen molar-refractivity contribution in [2.45, 2.75) is 18.9 Å². The smallest absolute Gasteiger partial charge is 0.345 e. The fourth-order valence-electron chi connectivity index (χ4n) is 2.62. The Bertz CT molecular complexity index is 753. The number of carbonyl (C=O) groups is 2. The van der Waals surface area contributed by atoms with E-state index in [0.29, 0.717) is 41.6 Å². The summed E-state index contributed by atoms with van der Waals surface area (Å²) in [6, 6.07) is 10.4. The standard InChI is InChI=1S/C17H16ClNO4S/c18-12-3-1-2-4-13(12)23-11-7-9-19(10-8-11)16(20)14-5-6-15(24-14)17(21)22/h1-6,11H,7-10H2,(H,21,22). The minimum Gasteiger partial charge on any atom is -0.489 e. The molecule has 1 aliphatic heterocycles. The fraction of sp³-hybridized carbons (Fsp3) is 0.294. The van der Waals surface area contributed by atoms with Gasteiger partial charge in [-0.05, 0) is 24.3 Å². The van der Waals surface area contributed by atoms with Crippen molar-refractivity contribution >= 4 is 34.8 Å². The second-order valence-electron chi connectivity index (χ2n) is 5.51. The lowest BCUT2D eigenvalue weighted by Crippen LogP contribution is -2.41. The highest BCUT2D eigenvalue weighted by Gasteiger charge is 2.26. The Morgan fingerprint density at radius 1 is 1.12 bits per heavy atom. The van der Waals surface area contributed by atoms with Gasteiger partial charge in [0.05, 0.1) is 9.90 Å². The molecule has 0 unspecified atom stereocenters. The third kappa shape index (κ3) is 3.71. The third-order valence-corrected chi connectivity index (χ3v) is 5.26. The lowest BCUT2D eigenvalue weighted by atomic mass is 10.1. The van der Waals surface area contributed by atoms with Crippen molar-refractivity contribution in [1.29, 1.82) is 0 Å². The zero-order valence-corrected chi connectivity index (χ0v) is 14.3. The molecule has 0 spiro atoms. The lowest BCUT2D eigenvalue weighted by Gasteiger charge is -2.32. The zero-order valence-electron chi connectivity index (χ0n) is 12.8. The number of carboxylic acids is 1. The van der Waals surface area contributed by atoms with Crippen molar-refractivity contribution in [2.75, 3.05) is 13.1 Å². The number of likely N-dealkylation sites (tertiary alicyclic amines) is 1. The molecule has 1 saturated heterocycles. The number of amides is 1. The van der Waals surface area contributed by atoms with Gasteiger partial charge in [-0.2, -0.15) is 0 Å². The number of thiophene rings is 1. The summed E-state index contributed by atoms with van der Waals surface area (Å²) >= 11 is 7.10. The van der Waals surface area contributed by atoms with Gasteiger partial charge in [0.2, 0.25) is 0 Å². The molecule has 1 aliphatic rings. The van der Waals surface area contributed by atoms with Gasteiger partial charge in [-0.25, -0.2) is 4.79 Å². The SMILES string of the molecule is O=C(O)c1ccc(C(=O)N2CCC(Oc3ccccc3Cl)CC2)s1. The molecule has 1 aromatic carbocycles. The number of para-hydroxylation sites is 1. The van der Waals surface area contributed by atoms with E-state index in [1.165, 1.54) is 6.07 Å². The lowest BCUT2D eigenvalue weighted by molar-refractivity contribution is 0.0599. The molecule has 0 atom stereocenters. The summed E-state index contributed by atoms with van der Waals surface area (Å²) in [5, 5.41) is 9.53. The molecular weight excluding hydrogens is 350 g/mol. The summed E-state index contributed by atoms with van der Waals surface area (Å²) < 4.78 is 5.91. The number of nitrogens with zero attached hydrogens (tertiary/aromatic N) is 1. The number of rotatable bonds is 4. The summed E-state index contributed by atoms with van der Waals surface area (Å²) in [6.45, 7) is 1.16. The molecule has 5 nitrogen and oxygen atoms in total. The molecule has 0 bridgehead atoms. The Morgan fingerprint density at radius 3 is 2.42 bits per heavy atom. The highest BCUT2D eigenvalue weighted by Crippen LogP contribution is 2.27. The highest BCUT2D eigenvalue weighted by molar-refractivity contribution is 7.15. The monoisotopic (exact) mass is 365 g/mol. The molecule has 7 heteroatoms. The molecular formula is C17H16ClNO4S. The first-order chi connectivity index (χ1) is 11.5. The summed E-state index contributed by atoms with van der Waals surface area (Å²) in [4.78, 5) is 25.7. The molecule has 2 heterocycles. The topological polar surface area (TPSA) is 66.8 Å². The molecule has 1 N–H and O–H groups in total. The molecule has 1 fully saturated rings. The van der Waals surface area contributed by atoms with E-state index in [2.05, 4.69) is 0 Å². The van der Waals surface area contributed by atoms with Crippen molar-refractivity contribution in [3.05, 3.63) is 51.2 Å². The highest BCUT2D eigenvalue weighted by atomic mass is 35.5. The van der Waals surface area contributed by atoms with Crippen LogP contribution in [0.2, 0.25) is 5.02 Å². The quantitative estimate of drug-likeness (QED) is 0.895. The van der Waals surface area contributed by atoms with Crippen molar-refractivity contribution in [1.82, 2.24) is 4.90 Å². The van der Waals surface area contributed by atoms with Gasteiger partial charge < -0.3 is 14.7 Å². The van der Waals surface area contributed by atoms with Crippen LogP contribution in [0.15, 0.2) is 36.4 Å². The molecule has 0 saturated carbocycles. The van der Waals surface area contributed by atoms with Crippen LogP contribution < -0.4 is 4.74 Å². The Labute approximate surface area is 148 Å². The average Bonchev–Trinajstić information content (AvgIpc) is 3.07. The summed E-state index contributed by atoms with van der Waals surface area (Å²) in [5.74, 6) is -0.470. The van der Waals surface area contributed by atoms with E-state index in [4.69, 9.17) is 21.4 Å². The third-order valence-electron chi connectivity index (χ3n) is 3.89. The maximum atomic E-state index is 12.4. The van der Waals surface area contributed by atoms with Crippen LogP contribution in [-0.2, 0) is 0 Å². The number of ether oxygens (including phenoxy) is 1. The Kier molecular flexibility index (Phi) is 5.06. The molecule has 126 valence electrons. The molecule has 3 rings (SSSR count). The zero-order chi connectivity index (χ0) is 17.1. The van der Waals surface area contributed by atoms with Gasteiger partial charge in [-0.1, -0.05) is 23.7 Å². The van der Waals surface area contributed by atoms with Crippen LogP contribution in [0.1, 0.15) is 32.2 Å². The van der Waals surface area contributed by atoms with E-state index in [1.807, 2.05) is 18.2 Å². The maximum Gasteiger partial charge on any atom is 0.345 e. The predicted molar refractivity (Wildman–Crippen MR) is 92.3 cm³/mol. The first-order valence-electron chi connectivity index (χ1n) is 7.58. The Hall–Kier alpha value is -2.05. The molecule has 0 radical (unpaired) electrons. The van der Waals surface area contributed by atoms with Gasteiger partial charge in [0, 0.05) is 25.9 Å². The number of carboxylic acid groups (broad SMARTS) is 1. The number of aromatic carboxylic acids is 1. The number of hydrogen-bond donors (Lipinski definition) is 1.